The maximum Gasteiger partial charge on any atom is 0.224 e. The molecule has 0 amide bonds. The second-order valence-electron chi connectivity index (χ2n) is 4.75. The van der Waals surface area contributed by atoms with Crippen LogP contribution in [-0.4, -0.2) is 46.2 Å². The Morgan fingerprint density at radius 3 is 3.00 bits per heavy atom. The molecule has 19 heavy (non-hydrogen) atoms. The van der Waals surface area contributed by atoms with Crippen LogP contribution >= 0.6 is 11.6 Å². The number of morpholine rings is 1. The van der Waals surface area contributed by atoms with Crippen LogP contribution in [0.25, 0.3) is 0 Å². The summed E-state index contributed by atoms with van der Waals surface area (Å²) < 4.78 is 24.4. The van der Waals surface area contributed by atoms with Crippen LogP contribution in [0.4, 0.5) is 5.82 Å². The fourth-order valence-electron chi connectivity index (χ4n) is 2.02. The van der Waals surface area contributed by atoms with Gasteiger partial charge in [0.2, 0.25) is 5.28 Å². The predicted octanol–water partition coefficient (Wildman–Crippen LogP) is 1.53. The van der Waals surface area contributed by atoms with E-state index < -0.39 is 9.73 Å². The van der Waals surface area contributed by atoms with E-state index >= 15 is 0 Å². The molecule has 0 aliphatic carbocycles. The van der Waals surface area contributed by atoms with Gasteiger partial charge in [-0.25, -0.2) is 14.2 Å². The van der Waals surface area contributed by atoms with Gasteiger partial charge in [-0.05, 0) is 18.5 Å². The van der Waals surface area contributed by atoms with Crippen LogP contribution in [0.1, 0.15) is 12.6 Å². The first kappa shape index (κ1) is 14.5. The van der Waals surface area contributed by atoms with E-state index in [1.54, 1.807) is 6.07 Å². The van der Waals surface area contributed by atoms with Gasteiger partial charge >= 0.3 is 0 Å². The Morgan fingerprint density at radius 1 is 1.63 bits per heavy atom. The highest BCUT2D eigenvalue weighted by Gasteiger charge is 2.21. The van der Waals surface area contributed by atoms with Gasteiger partial charge in [0.25, 0.3) is 0 Å². The molecule has 1 aliphatic rings. The van der Waals surface area contributed by atoms with Gasteiger partial charge in [-0.15, -0.1) is 0 Å². The Kier molecular flexibility index (Phi) is 4.27. The average molecular weight is 305 g/mol. The summed E-state index contributed by atoms with van der Waals surface area (Å²) in [7, 11) is -2.65. The van der Waals surface area contributed by atoms with Gasteiger partial charge in [-0.3, -0.25) is 4.78 Å². The first-order valence-electron chi connectivity index (χ1n) is 5.94. The van der Waals surface area contributed by atoms with Gasteiger partial charge in [0.05, 0.1) is 30.7 Å². The highest BCUT2D eigenvalue weighted by Crippen LogP contribution is 2.20. The molecule has 0 bridgehead atoms. The van der Waals surface area contributed by atoms with Crippen molar-refractivity contribution in [3.63, 3.8) is 0 Å². The summed E-state index contributed by atoms with van der Waals surface area (Å²) in [5, 5.41) is 0.120. The molecule has 1 N–H and O–H groups in total. The third-order valence-electron chi connectivity index (χ3n) is 2.82. The van der Waals surface area contributed by atoms with Crippen molar-refractivity contribution < 1.29 is 8.95 Å². The molecule has 2 atom stereocenters. The van der Waals surface area contributed by atoms with Gasteiger partial charge in [-0.2, -0.15) is 0 Å². The molecule has 106 valence electrons. The Bertz CT molecular complexity index is 564. The first-order chi connectivity index (χ1) is 8.85. The maximum atomic E-state index is 11.5. The minimum Gasteiger partial charge on any atom is -0.377 e. The molecule has 0 spiro atoms. The number of ether oxygens (including phenoxy) is 1. The fourth-order valence-corrected chi connectivity index (χ4v) is 2.93. The van der Waals surface area contributed by atoms with Crippen molar-refractivity contribution in [2.24, 2.45) is 0 Å². The Hall–Kier alpha value is -0.920. The van der Waals surface area contributed by atoms with Crippen LogP contribution < -0.4 is 4.90 Å². The number of hydrogen-bond donors (Lipinski definition) is 1. The van der Waals surface area contributed by atoms with E-state index in [4.69, 9.17) is 21.1 Å². The van der Waals surface area contributed by atoms with E-state index in [9.17, 15) is 4.21 Å². The van der Waals surface area contributed by atoms with E-state index in [0.717, 1.165) is 6.54 Å². The van der Waals surface area contributed by atoms with Crippen LogP contribution in [0.2, 0.25) is 5.28 Å². The smallest absolute Gasteiger partial charge is 0.224 e. The molecule has 0 aromatic carbocycles. The molecule has 0 saturated carbocycles. The summed E-state index contributed by atoms with van der Waals surface area (Å²) in [5.74, 6) is 0.787. The van der Waals surface area contributed by atoms with Crippen LogP contribution in [0.15, 0.2) is 6.07 Å². The molecule has 1 fully saturated rings. The van der Waals surface area contributed by atoms with Crippen molar-refractivity contribution in [2.75, 3.05) is 30.9 Å². The maximum absolute atomic E-state index is 11.5. The van der Waals surface area contributed by atoms with Gasteiger partial charge in [0.1, 0.15) is 5.82 Å². The van der Waals surface area contributed by atoms with Gasteiger partial charge < -0.3 is 9.64 Å². The highest BCUT2D eigenvalue weighted by atomic mass is 35.5. The standard InChI is InChI=1S/C11H17ClN4O2S/c1-8-6-18-4-3-16(8)10-5-9(7-19(2,13)17)14-11(12)15-10/h5,8,13H,3-4,6-7H2,1-2H3/t8-,19?/m1/s1. The number of halogens is 1. The van der Waals surface area contributed by atoms with Crippen LogP contribution in [-0.2, 0) is 20.2 Å². The monoisotopic (exact) mass is 304 g/mol. The lowest BCUT2D eigenvalue weighted by Gasteiger charge is -2.34. The molecule has 2 heterocycles. The molecule has 1 unspecified atom stereocenters. The molecule has 1 saturated heterocycles. The van der Waals surface area contributed by atoms with E-state index in [1.807, 2.05) is 6.92 Å². The van der Waals surface area contributed by atoms with Crippen molar-refractivity contribution >= 4 is 27.1 Å². The third kappa shape index (κ3) is 4.02. The number of nitrogens with one attached hydrogen (secondary N) is 1. The number of anilines is 1. The molecule has 6 nitrogen and oxygen atoms in total. The predicted molar refractivity (Wildman–Crippen MR) is 75.2 cm³/mol. The van der Waals surface area contributed by atoms with Crippen LogP contribution in [0.5, 0.6) is 0 Å². The number of rotatable bonds is 3. The molecule has 2 rings (SSSR count). The van der Waals surface area contributed by atoms with Crippen molar-refractivity contribution in [2.45, 2.75) is 18.7 Å². The fraction of sp³-hybridized carbons (Fsp3) is 0.636. The molecule has 1 aliphatic heterocycles. The topological polar surface area (TPSA) is 79.2 Å². The van der Waals surface area contributed by atoms with E-state index in [2.05, 4.69) is 14.9 Å². The van der Waals surface area contributed by atoms with E-state index in [-0.39, 0.29) is 17.1 Å². The Balaban J connectivity index is 2.30. The first-order valence-corrected chi connectivity index (χ1v) is 8.46. The van der Waals surface area contributed by atoms with Crippen LogP contribution in [0.3, 0.4) is 0 Å². The van der Waals surface area contributed by atoms with Crippen molar-refractivity contribution in [3.8, 4) is 0 Å². The summed E-state index contributed by atoms with van der Waals surface area (Å²) in [6.07, 6.45) is 1.39. The number of hydrogen-bond acceptors (Lipinski definition) is 6. The van der Waals surface area contributed by atoms with Gasteiger partial charge in [-0.1, -0.05) is 0 Å². The van der Waals surface area contributed by atoms with Gasteiger partial charge in [0.15, 0.2) is 0 Å². The normalized spacial score (nSPS) is 23.1. The molecular weight excluding hydrogens is 288 g/mol. The van der Waals surface area contributed by atoms with Crippen molar-refractivity contribution in [3.05, 3.63) is 17.0 Å². The van der Waals surface area contributed by atoms with Crippen molar-refractivity contribution in [1.29, 1.82) is 4.78 Å². The quantitative estimate of drug-likeness (QED) is 0.857. The van der Waals surface area contributed by atoms with E-state index in [0.29, 0.717) is 24.7 Å². The summed E-state index contributed by atoms with van der Waals surface area (Å²) >= 11 is 5.91. The van der Waals surface area contributed by atoms with Gasteiger partial charge in [0, 0.05) is 28.6 Å². The molecular formula is C11H17ClN4O2S. The Labute approximate surface area is 118 Å². The zero-order valence-electron chi connectivity index (χ0n) is 10.9. The third-order valence-corrected chi connectivity index (χ3v) is 3.84. The number of aromatic nitrogens is 2. The molecule has 0 radical (unpaired) electrons. The second kappa shape index (κ2) is 5.60. The number of nitrogens with zero attached hydrogens (tertiary/aromatic N) is 3. The lowest BCUT2D eigenvalue weighted by molar-refractivity contribution is 0.0985. The minimum atomic E-state index is -2.65. The largest absolute Gasteiger partial charge is 0.377 e. The Morgan fingerprint density at radius 2 is 2.37 bits per heavy atom. The molecule has 8 heteroatoms. The van der Waals surface area contributed by atoms with Crippen LogP contribution in [0, 0.1) is 4.78 Å². The lowest BCUT2D eigenvalue weighted by Crippen LogP contribution is -2.44. The van der Waals surface area contributed by atoms with Crippen molar-refractivity contribution in [1.82, 2.24) is 9.97 Å². The average Bonchev–Trinajstić information content (AvgIpc) is 2.26. The van der Waals surface area contributed by atoms with E-state index in [1.165, 1.54) is 6.26 Å². The summed E-state index contributed by atoms with van der Waals surface area (Å²) in [6.45, 7) is 4.06. The SMILES string of the molecule is C[C@@H]1COCCN1c1cc(CS(C)(=N)=O)nc(Cl)n1. The highest BCUT2D eigenvalue weighted by molar-refractivity contribution is 7.90. The zero-order valence-corrected chi connectivity index (χ0v) is 12.5. The summed E-state index contributed by atoms with van der Waals surface area (Å²) in [5.41, 5.74) is 0.538. The zero-order chi connectivity index (χ0) is 14.0. The molecule has 1 aromatic rings. The minimum absolute atomic E-state index is 0.0843. The summed E-state index contributed by atoms with van der Waals surface area (Å²) in [4.78, 5) is 10.3. The second-order valence-corrected chi connectivity index (χ2v) is 7.39. The lowest BCUT2D eigenvalue weighted by atomic mass is 10.2. The summed E-state index contributed by atoms with van der Waals surface area (Å²) in [6, 6.07) is 1.96. The molecule has 1 aromatic heterocycles.